The third-order valence-corrected chi connectivity index (χ3v) is 3.19. The van der Waals surface area contributed by atoms with Crippen molar-refractivity contribution in [2.75, 3.05) is 0 Å². The lowest BCUT2D eigenvalue weighted by atomic mass is 9.88. The molecular weight excluding hydrogens is 292 g/mol. The summed E-state index contributed by atoms with van der Waals surface area (Å²) in [6.07, 6.45) is 0. The zero-order valence-electron chi connectivity index (χ0n) is 12.0. The lowest BCUT2D eigenvalue weighted by molar-refractivity contribution is 0.715. The third kappa shape index (κ3) is 4.26. The highest BCUT2D eigenvalue weighted by atomic mass is 35.5. The van der Waals surface area contributed by atoms with Crippen molar-refractivity contribution in [1.82, 2.24) is 0 Å². The van der Waals surface area contributed by atoms with Gasteiger partial charge in [0.05, 0.1) is 12.1 Å². The molecule has 0 saturated carbocycles. The first kappa shape index (κ1) is 19.1. The molecule has 0 amide bonds. The summed E-state index contributed by atoms with van der Waals surface area (Å²) in [7, 11) is 0. The molecule has 0 aliphatic heterocycles. The average Bonchev–Trinajstić information content (AvgIpc) is 2.45. The molecule has 0 spiro atoms. The molecule has 8 nitrogen and oxygen atoms in total. The van der Waals surface area contributed by atoms with E-state index in [0.717, 1.165) is 22.3 Å². The Bertz CT molecular complexity index is 524. The van der Waals surface area contributed by atoms with Gasteiger partial charge in [0.25, 0.3) is 0 Å². The second-order valence-electron chi connectivity index (χ2n) is 4.38. The maximum absolute atomic E-state index is 8.64. The maximum Gasteiger partial charge on any atom is 0.0603 e. The number of benzene rings is 1. The molecule has 1 aromatic rings. The van der Waals surface area contributed by atoms with Crippen molar-refractivity contribution in [3.8, 4) is 0 Å². The summed E-state index contributed by atoms with van der Waals surface area (Å²) >= 11 is 0. The van der Waals surface area contributed by atoms with Gasteiger partial charge in [-0.1, -0.05) is 36.2 Å². The van der Waals surface area contributed by atoms with E-state index in [9.17, 15) is 0 Å². The van der Waals surface area contributed by atoms with Crippen LogP contribution in [-0.4, -0.2) is 0 Å². The minimum Gasteiger partial charge on any atom is -0.326 e. The number of hydrogen-bond donors (Lipinski definition) is 2. The summed E-state index contributed by atoms with van der Waals surface area (Å²) in [6.45, 7) is 4.17. The Labute approximate surface area is 129 Å². The predicted octanol–water partition coefficient (Wildman–Crippen LogP) is 3.77. The van der Waals surface area contributed by atoms with Gasteiger partial charge in [-0.15, -0.1) is 12.4 Å². The van der Waals surface area contributed by atoms with Crippen LogP contribution in [-0.2, 0) is 13.1 Å². The van der Waals surface area contributed by atoms with E-state index in [1.807, 2.05) is 12.1 Å². The smallest absolute Gasteiger partial charge is 0.0603 e. The number of nitrogens with two attached hydrogens (primary N) is 2. The zero-order chi connectivity index (χ0) is 15.1. The van der Waals surface area contributed by atoms with Crippen molar-refractivity contribution in [2.45, 2.75) is 39.0 Å². The zero-order valence-corrected chi connectivity index (χ0v) is 12.8. The number of nitrogens with zero attached hydrogens (tertiary/aromatic N) is 6. The molecule has 4 N–H and O–H groups in total. The molecule has 1 rings (SSSR count). The fraction of sp³-hybridized carbons (Fsp3) is 0.500. The number of halogens is 1. The van der Waals surface area contributed by atoms with E-state index in [4.69, 9.17) is 22.5 Å². The van der Waals surface area contributed by atoms with Crippen LogP contribution in [0.4, 0.5) is 0 Å². The molecule has 0 aromatic heterocycles. The predicted molar refractivity (Wildman–Crippen MR) is 84.6 cm³/mol. The SMILES string of the molecule is CC(N=[N+]=[N-])c1c(CN)ccc(CN)c1C(C)N=[N+]=[N-].Cl. The molecule has 2 unspecified atom stereocenters. The first-order valence-corrected chi connectivity index (χ1v) is 6.23. The molecule has 9 heteroatoms. The normalized spacial score (nSPS) is 12.4. The van der Waals surface area contributed by atoms with Gasteiger partial charge in [-0.3, -0.25) is 0 Å². The first-order valence-electron chi connectivity index (χ1n) is 6.23. The highest BCUT2D eigenvalue weighted by molar-refractivity contribution is 5.85. The summed E-state index contributed by atoms with van der Waals surface area (Å²) in [5, 5.41) is 7.46. The lowest BCUT2D eigenvalue weighted by Crippen LogP contribution is -2.13. The fourth-order valence-corrected chi connectivity index (χ4v) is 2.34. The Balaban J connectivity index is 0.00000400. The van der Waals surface area contributed by atoms with Gasteiger partial charge in [0, 0.05) is 22.9 Å². The van der Waals surface area contributed by atoms with Gasteiger partial charge in [-0.25, -0.2) is 0 Å². The van der Waals surface area contributed by atoms with Gasteiger partial charge < -0.3 is 11.5 Å². The standard InChI is InChI=1S/C12H18N8.ClH/c1-7(17-19-15)11-9(5-13)3-4-10(6-14)12(11)8(2)18-20-16;/h3-4,7-8H,5-6,13-14H2,1-2H3;1H. The van der Waals surface area contributed by atoms with Gasteiger partial charge in [0.15, 0.2) is 0 Å². The average molecular weight is 311 g/mol. The second-order valence-corrected chi connectivity index (χ2v) is 4.38. The molecular formula is C12H19ClN8. The monoisotopic (exact) mass is 310 g/mol. The molecule has 0 fully saturated rings. The number of hydrogen-bond acceptors (Lipinski definition) is 4. The van der Waals surface area contributed by atoms with Crippen LogP contribution in [0.15, 0.2) is 22.4 Å². The summed E-state index contributed by atoms with van der Waals surface area (Å²) < 4.78 is 0. The molecule has 2 atom stereocenters. The Hall–Kier alpha value is -1.95. The van der Waals surface area contributed by atoms with E-state index in [0.29, 0.717) is 13.1 Å². The molecule has 0 saturated heterocycles. The van der Waals surface area contributed by atoms with Crippen molar-refractivity contribution in [2.24, 2.45) is 21.7 Å². The Morgan fingerprint density at radius 2 is 1.29 bits per heavy atom. The molecule has 0 bridgehead atoms. The first-order chi connectivity index (χ1) is 9.60. The van der Waals surface area contributed by atoms with Crippen molar-refractivity contribution in [1.29, 1.82) is 0 Å². The summed E-state index contributed by atoms with van der Waals surface area (Å²) in [5.74, 6) is 0. The van der Waals surface area contributed by atoms with Crippen molar-refractivity contribution in [3.63, 3.8) is 0 Å². The second kappa shape index (κ2) is 9.07. The van der Waals surface area contributed by atoms with Crippen LogP contribution >= 0.6 is 12.4 Å². The number of azide groups is 2. The van der Waals surface area contributed by atoms with E-state index in [2.05, 4.69) is 20.1 Å². The van der Waals surface area contributed by atoms with E-state index < -0.39 is 12.1 Å². The molecule has 0 aliphatic rings. The summed E-state index contributed by atoms with van der Waals surface area (Å²) in [6, 6.07) is 2.92. The van der Waals surface area contributed by atoms with Gasteiger partial charge in [0.2, 0.25) is 0 Å². The Kier molecular flexibility index (Phi) is 8.23. The van der Waals surface area contributed by atoms with Crippen molar-refractivity contribution >= 4 is 12.4 Å². The van der Waals surface area contributed by atoms with E-state index >= 15 is 0 Å². The van der Waals surface area contributed by atoms with E-state index in [1.54, 1.807) is 13.8 Å². The van der Waals surface area contributed by atoms with Crippen LogP contribution in [0, 0.1) is 0 Å². The summed E-state index contributed by atoms with van der Waals surface area (Å²) in [4.78, 5) is 5.68. The minimum absolute atomic E-state index is 0. The third-order valence-electron chi connectivity index (χ3n) is 3.19. The lowest BCUT2D eigenvalue weighted by Gasteiger charge is -2.22. The van der Waals surface area contributed by atoms with Gasteiger partial charge in [-0.05, 0) is 33.3 Å². The number of rotatable bonds is 6. The van der Waals surface area contributed by atoms with Crippen LogP contribution in [0.25, 0.3) is 20.9 Å². The Morgan fingerprint density at radius 1 is 0.952 bits per heavy atom. The van der Waals surface area contributed by atoms with Crippen LogP contribution in [0.1, 0.15) is 48.2 Å². The van der Waals surface area contributed by atoms with Crippen molar-refractivity contribution < 1.29 is 0 Å². The van der Waals surface area contributed by atoms with E-state index in [1.165, 1.54) is 0 Å². The largest absolute Gasteiger partial charge is 0.326 e. The van der Waals surface area contributed by atoms with Gasteiger partial charge >= 0.3 is 0 Å². The molecule has 0 aliphatic carbocycles. The van der Waals surface area contributed by atoms with Crippen molar-refractivity contribution in [3.05, 3.63) is 55.3 Å². The quantitative estimate of drug-likeness (QED) is 0.467. The van der Waals surface area contributed by atoms with Crippen LogP contribution < -0.4 is 11.5 Å². The minimum atomic E-state index is -0.406. The van der Waals surface area contributed by atoms with Crippen LogP contribution in [0.2, 0.25) is 0 Å². The maximum atomic E-state index is 8.64. The Morgan fingerprint density at radius 3 is 1.52 bits per heavy atom. The molecule has 1 aromatic carbocycles. The van der Waals surface area contributed by atoms with Gasteiger partial charge in [0.1, 0.15) is 0 Å². The molecule has 114 valence electrons. The fourth-order valence-electron chi connectivity index (χ4n) is 2.34. The molecule has 21 heavy (non-hydrogen) atoms. The van der Waals surface area contributed by atoms with Crippen LogP contribution in [0.5, 0.6) is 0 Å². The molecule has 0 heterocycles. The highest BCUT2D eigenvalue weighted by Gasteiger charge is 2.20. The molecule has 0 radical (unpaired) electrons. The van der Waals surface area contributed by atoms with Gasteiger partial charge in [-0.2, -0.15) is 0 Å². The highest BCUT2D eigenvalue weighted by Crippen LogP contribution is 2.34. The van der Waals surface area contributed by atoms with E-state index in [-0.39, 0.29) is 12.4 Å². The summed E-state index contributed by atoms with van der Waals surface area (Å²) in [5.41, 5.74) is 32.1. The van der Waals surface area contributed by atoms with Crippen LogP contribution in [0.3, 0.4) is 0 Å². The topological polar surface area (TPSA) is 150 Å².